The Morgan fingerprint density at radius 3 is 2.46 bits per heavy atom. The van der Waals surface area contributed by atoms with Gasteiger partial charge in [-0.15, -0.1) is 0 Å². The van der Waals surface area contributed by atoms with Gasteiger partial charge in [0.1, 0.15) is 11.6 Å². The van der Waals surface area contributed by atoms with E-state index in [2.05, 4.69) is 15.6 Å². The first kappa shape index (κ1) is 17.7. The maximum Gasteiger partial charge on any atom is 0.417 e. The van der Waals surface area contributed by atoms with Gasteiger partial charge in [0.2, 0.25) is 0 Å². The molecular weight excluding hydrogens is 326 g/mol. The highest BCUT2D eigenvalue weighted by molar-refractivity contribution is 5.94. The molecule has 0 aliphatic rings. The van der Waals surface area contributed by atoms with Crippen molar-refractivity contribution >= 4 is 11.7 Å². The molecule has 0 aliphatic heterocycles. The summed E-state index contributed by atoms with van der Waals surface area (Å²) in [5.41, 5.74) is -0.847. The van der Waals surface area contributed by atoms with Crippen molar-refractivity contribution in [3.63, 3.8) is 0 Å². The number of benzene rings is 1. The van der Waals surface area contributed by atoms with E-state index in [1.165, 1.54) is 24.3 Å². The number of amides is 1. The van der Waals surface area contributed by atoms with Crippen LogP contribution in [-0.4, -0.2) is 24.0 Å². The number of pyridine rings is 1. The zero-order chi connectivity index (χ0) is 17.6. The standard InChI is InChI=1S/C16H15F4N3O/c17-13-5-2-1-4-12(13)15(24)22-9-3-8-21-14-7-6-11(10-23-14)16(18,19)20/h1-2,4-7,10H,3,8-9H2,(H,21,23)(H,22,24). The van der Waals surface area contributed by atoms with E-state index < -0.39 is 23.5 Å². The second kappa shape index (κ2) is 7.76. The van der Waals surface area contributed by atoms with Crippen molar-refractivity contribution in [2.24, 2.45) is 0 Å². The van der Waals surface area contributed by atoms with Crippen LogP contribution >= 0.6 is 0 Å². The van der Waals surface area contributed by atoms with E-state index in [1.807, 2.05) is 0 Å². The lowest BCUT2D eigenvalue weighted by molar-refractivity contribution is -0.137. The molecular formula is C16H15F4N3O. The van der Waals surface area contributed by atoms with Crippen molar-refractivity contribution in [2.45, 2.75) is 12.6 Å². The topological polar surface area (TPSA) is 54.0 Å². The molecule has 0 spiro atoms. The number of carbonyl (C=O) groups excluding carboxylic acids is 1. The van der Waals surface area contributed by atoms with Gasteiger partial charge in [-0.2, -0.15) is 13.2 Å². The van der Waals surface area contributed by atoms with Crippen LogP contribution in [0, 0.1) is 5.82 Å². The molecule has 1 aromatic carbocycles. The largest absolute Gasteiger partial charge is 0.417 e. The van der Waals surface area contributed by atoms with Crippen LogP contribution in [0.25, 0.3) is 0 Å². The minimum absolute atomic E-state index is 0.0325. The van der Waals surface area contributed by atoms with Gasteiger partial charge in [-0.3, -0.25) is 4.79 Å². The molecule has 2 aromatic rings. The summed E-state index contributed by atoms with van der Waals surface area (Å²) in [6.07, 6.45) is -3.16. The summed E-state index contributed by atoms with van der Waals surface area (Å²) in [4.78, 5) is 15.4. The zero-order valence-electron chi connectivity index (χ0n) is 12.5. The minimum Gasteiger partial charge on any atom is -0.370 e. The summed E-state index contributed by atoms with van der Waals surface area (Å²) in [6, 6.07) is 7.82. The number of hydrogen-bond acceptors (Lipinski definition) is 3. The van der Waals surface area contributed by atoms with Crippen LogP contribution in [0.5, 0.6) is 0 Å². The van der Waals surface area contributed by atoms with Gasteiger partial charge < -0.3 is 10.6 Å². The molecule has 0 bridgehead atoms. The molecule has 0 radical (unpaired) electrons. The molecule has 2 rings (SSSR count). The molecule has 0 saturated carbocycles. The Morgan fingerprint density at radius 2 is 1.83 bits per heavy atom. The fourth-order valence-corrected chi connectivity index (χ4v) is 1.91. The van der Waals surface area contributed by atoms with E-state index in [0.717, 1.165) is 12.3 Å². The molecule has 4 nitrogen and oxygen atoms in total. The van der Waals surface area contributed by atoms with E-state index in [1.54, 1.807) is 6.07 Å². The lowest BCUT2D eigenvalue weighted by atomic mass is 10.2. The molecule has 8 heteroatoms. The van der Waals surface area contributed by atoms with Crippen molar-refractivity contribution in [1.82, 2.24) is 10.3 Å². The summed E-state index contributed by atoms with van der Waals surface area (Å²) in [6.45, 7) is 0.691. The maximum atomic E-state index is 13.4. The molecule has 1 amide bonds. The summed E-state index contributed by atoms with van der Waals surface area (Å²) < 4.78 is 50.6. The van der Waals surface area contributed by atoms with Gasteiger partial charge in [0, 0.05) is 19.3 Å². The highest BCUT2D eigenvalue weighted by Crippen LogP contribution is 2.28. The van der Waals surface area contributed by atoms with Gasteiger partial charge in [-0.1, -0.05) is 12.1 Å². The van der Waals surface area contributed by atoms with Crippen LogP contribution in [0.3, 0.4) is 0 Å². The van der Waals surface area contributed by atoms with Crippen LogP contribution < -0.4 is 10.6 Å². The Kier molecular flexibility index (Phi) is 5.73. The van der Waals surface area contributed by atoms with Crippen molar-refractivity contribution in [3.8, 4) is 0 Å². The molecule has 0 saturated heterocycles. The molecule has 0 aliphatic carbocycles. The highest BCUT2D eigenvalue weighted by Gasteiger charge is 2.30. The van der Waals surface area contributed by atoms with Crippen LogP contribution in [0.1, 0.15) is 22.3 Å². The summed E-state index contributed by atoms with van der Waals surface area (Å²) >= 11 is 0. The molecule has 0 atom stereocenters. The quantitative estimate of drug-likeness (QED) is 0.625. The van der Waals surface area contributed by atoms with Gasteiger partial charge in [0.15, 0.2) is 0 Å². The third kappa shape index (κ3) is 4.94. The lowest BCUT2D eigenvalue weighted by Crippen LogP contribution is -2.26. The second-order valence-electron chi connectivity index (χ2n) is 4.95. The third-order valence-electron chi connectivity index (χ3n) is 3.15. The van der Waals surface area contributed by atoms with Crippen molar-refractivity contribution < 1.29 is 22.4 Å². The zero-order valence-corrected chi connectivity index (χ0v) is 12.5. The fraction of sp³-hybridized carbons (Fsp3) is 0.250. The average molecular weight is 341 g/mol. The molecule has 2 N–H and O–H groups in total. The van der Waals surface area contributed by atoms with Crippen LogP contribution in [0.4, 0.5) is 23.4 Å². The lowest BCUT2D eigenvalue weighted by Gasteiger charge is -2.09. The van der Waals surface area contributed by atoms with Gasteiger partial charge in [-0.25, -0.2) is 9.37 Å². The molecule has 0 fully saturated rings. The van der Waals surface area contributed by atoms with Crippen molar-refractivity contribution in [1.29, 1.82) is 0 Å². The normalized spacial score (nSPS) is 11.2. The molecule has 128 valence electrons. The first-order valence-electron chi connectivity index (χ1n) is 7.18. The van der Waals surface area contributed by atoms with E-state index in [0.29, 0.717) is 25.3 Å². The Labute approximate surface area is 135 Å². The number of anilines is 1. The highest BCUT2D eigenvalue weighted by atomic mass is 19.4. The van der Waals surface area contributed by atoms with Crippen LogP contribution in [0.15, 0.2) is 42.6 Å². The van der Waals surface area contributed by atoms with E-state index in [9.17, 15) is 22.4 Å². The summed E-state index contributed by atoms with van der Waals surface area (Å²) in [7, 11) is 0. The third-order valence-corrected chi connectivity index (χ3v) is 3.15. The number of alkyl halides is 3. The van der Waals surface area contributed by atoms with Crippen LogP contribution in [-0.2, 0) is 6.18 Å². The predicted octanol–water partition coefficient (Wildman–Crippen LogP) is 3.47. The predicted molar refractivity (Wildman–Crippen MR) is 81.1 cm³/mol. The van der Waals surface area contributed by atoms with Crippen molar-refractivity contribution in [2.75, 3.05) is 18.4 Å². The first-order chi connectivity index (χ1) is 11.4. The van der Waals surface area contributed by atoms with E-state index in [4.69, 9.17) is 0 Å². The Hall–Kier alpha value is -2.64. The number of rotatable bonds is 6. The Bertz CT molecular complexity index is 686. The molecule has 0 unspecified atom stereocenters. The smallest absolute Gasteiger partial charge is 0.370 e. The van der Waals surface area contributed by atoms with Crippen LogP contribution in [0.2, 0.25) is 0 Å². The van der Waals surface area contributed by atoms with E-state index in [-0.39, 0.29) is 5.56 Å². The number of aromatic nitrogens is 1. The second-order valence-corrected chi connectivity index (χ2v) is 4.95. The number of nitrogens with zero attached hydrogens (tertiary/aromatic N) is 1. The number of carbonyl (C=O) groups is 1. The number of hydrogen-bond donors (Lipinski definition) is 2. The molecule has 24 heavy (non-hydrogen) atoms. The average Bonchev–Trinajstić information content (AvgIpc) is 2.54. The van der Waals surface area contributed by atoms with Gasteiger partial charge in [-0.05, 0) is 30.7 Å². The number of nitrogens with one attached hydrogen (secondary N) is 2. The maximum absolute atomic E-state index is 13.4. The minimum atomic E-state index is -4.41. The SMILES string of the molecule is O=C(NCCCNc1ccc(C(F)(F)F)cn1)c1ccccc1F. The Morgan fingerprint density at radius 1 is 1.08 bits per heavy atom. The Balaban J connectivity index is 1.72. The van der Waals surface area contributed by atoms with Gasteiger partial charge in [0.05, 0.1) is 11.1 Å². The molecule has 1 heterocycles. The summed E-state index contributed by atoms with van der Waals surface area (Å²) in [5, 5.41) is 5.41. The van der Waals surface area contributed by atoms with Gasteiger partial charge >= 0.3 is 6.18 Å². The first-order valence-corrected chi connectivity index (χ1v) is 7.18. The molecule has 1 aromatic heterocycles. The number of halogens is 4. The summed E-state index contributed by atoms with van der Waals surface area (Å²) in [5.74, 6) is -0.800. The fourth-order valence-electron chi connectivity index (χ4n) is 1.91. The van der Waals surface area contributed by atoms with Crippen molar-refractivity contribution in [3.05, 3.63) is 59.5 Å². The monoisotopic (exact) mass is 341 g/mol. The van der Waals surface area contributed by atoms with Gasteiger partial charge in [0.25, 0.3) is 5.91 Å². The van der Waals surface area contributed by atoms with E-state index >= 15 is 0 Å².